The molecule has 0 fully saturated rings. The van der Waals surface area contributed by atoms with Crippen LogP contribution in [0, 0.1) is 34.9 Å². The van der Waals surface area contributed by atoms with E-state index in [1.165, 1.54) is 0 Å². The number of aliphatic hydroxyl groups excluding tert-OH is 1. The Labute approximate surface area is 297 Å². The molecule has 0 aromatic rings. The highest BCUT2D eigenvalue weighted by Crippen LogP contribution is 2.42. The van der Waals surface area contributed by atoms with Crippen LogP contribution in [-0.4, -0.2) is 42.2 Å². The molecule has 274 valence electrons. The number of rotatable bonds is 10. The molecule has 1 N–H and O–H groups in total. The van der Waals surface area contributed by atoms with E-state index < -0.39 is 24.2 Å². The maximum absolute atomic E-state index is 10.4. The summed E-state index contributed by atoms with van der Waals surface area (Å²) in [7, 11) is -4.69. The second-order valence-electron chi connectivity index (χ2n) is 14.6. The van der Waals surface area contributed by atoms with Crippen molar-refractivity contribution in [2.24, 2.45) is 0 Å². The van der Waals surface area contributed by atoms with Crippen molar-refractivity contribution in [3.05, 3.63) is 12.2 Å². The highest BCUT2D eigenvalue weighted by atomic mass is 28.3. The SMILES string of the molecule is C.C.C.C.C#C[Si](C(C)C)(C(C)C)C(C)C.CC(C)[Si](C#C/C=C/CO)(C(C)C)C(C)C.CC(C)[Si](C#CC=O)(C(C)C)C(C)C. The van der Waals surface area contributed by atoms with E-state index in [9.17, 15) is 4.79 Å². The first kappa shape index (κ1) is 60.1. The summed E-state index contributed by atoms with van der Waals surface area (Å²) < 4.78 is 0. The van der Waals surface area contributed by atoms with Crippen LogP contribution in [-0.2, 0) is 4.79 Å². The number of carbonyl (C=O) groups excluding carboxylic acids is 1. The summed E-state index contributed by atoms with van der Waals surface area (Å²) in [6.45, 7) is 41.0. The van der Waals surface area contributed by atoms with Crippen molar-refractivity contribution >= 4 is 30.5 Å². The van der Waals surface area contributed by atoms with E-state index in [0.717, 1.165) is 6.29 Å². The van der Waals surface area contributed by atoms with Gasteiger partial charge in [-0.2, -0.15) is 0 Å². The second kappa shape index (κ2) is 28.7. The summed E-state index contributed by atoms with van der Waals surface area (Å²) in [5.41, 5.74) is 15.9. The van der Waals surface area contributed by atoms with Crippen LogP contribution >= 0.6 is 0 Å². The molecular weight excluding hydrogens is 609 g/mol. The minimum atomic E-state index is -1.64. The Bertz CT molecular complexity index is 875. The maximum atomic E-state index is 10.4. The van der Waals surface area contributed by atoms with E-state index in [2.05, 4.69) is 153 Å². The van der Waals surface area contributed by atoms with Crippen LogP contribution in [0.4, 0.5) is 0 Å². The Hall–Kier alpha value is -1.30. The van der Waals surface area contributed by atoms with Crippen LogP contribution < -0.4 is 0 Å². The van der Waals surface area contributed by atoms with Crippen molar-refractivity contribution in [3.8, 4) is 34.9 Å². The molecular formula is C41H86O2Si3. The average Bonchev–Trinajstić information content (AvgIpc) is 2.84. The van der Waals surface area contributed by atoms with Crippen molar-refractivity contribution in [3.63, 3.8) is 0 Å². The zero-order valence-electron chi connectivity index (χ0n) is 31.1. The number of hydrogen-bond donors (Lipinski definition) is 1. The summed E-state index contributed by atoms with van der Waals surface area (Å²) >= 11 is 0. The first-order valence-corrected chi connectivity index (χ1v) is 23.1. The maximum Gasteiger partial charge on any atom is 0.192 e. The second-order valence-corrected chi connectivity index (χ2v) is 31.4. The molecule has 0 amide bonds. The van der Waals surface area contributed by atoms with E-state index in [1.807, 2.05) is 0 Å². The standard InChI is InChI=1S/C14H26OSi.C12H22OSi.C11H22Si.4CH4/c1-12(2)16(13(3)4,14(5)6)11-9-7-8-10-15;1-10(2)14(11(3)4,12(5)6)9-7-8-13;1-8-12(9(2)3,10(4)5)11(6)7;;;;/h7-8,12-15H,10H2,1-6H3;8,10-12H,1-6H3;1,9-11H,2-7H3;4*1H4/b8-7+;;;;;;. The van der Waals surface area contributed by atoms with Gasteiger partial charge in [0.15, 0.2) is 6.29 Å². The summed E-state index contributed by atoms with van der Waals surface area (Å²) in [4.78, 5) is 10.4. The molecule has 0 aliphatic rings. The topological polar surface area (TPSA) is 37.3 Å². The summed E-state index contributed by atoms with van der Waals surface area (Å²) in [6, 6.07) is 0. The minimum absolute atomic E-state index is 0. The van der Waals surface area contributed by atoms with Gasteiger partial charge in [-0.15, -0.1) is 23.1 Å². The number of hydrogen-bond acceptors (Lipinski definition) is 2. The molecule has 0 atom stereocenters. The Morgan fingerprint density at radius 2 is 0.739 bits per heavy atom. The van der Waals surface area contributed by atoms with Crippen molar-refractivity contribution < 1.29 is 9.90 Å². The third-order valence-corrected chi connectivity index (χ3v) is 28.6. The molecule has 46 heavy (non-hydrogen) atoms. The first-order chi connectivity index (χ1) is 19.2. The highest BCUT2D eigenvalue weighted by molar-refractivity contribution is 6.91. The summed E-state index contributed by atoms with van der Waals surface area (Å²) in [5.74, 6) is 5.81. The fourth-order valence-electron chi connectivity index (χ4n) is 7.80. The number of aldehydes is 1. The molecule has 0 heterocycles. The molecule has 0 spiro atoms. The largest absolute Gasteiger partial charge is 0.392 e. The van der Waals surface area contributed by atoms with Crippen molar-refractivity contribution in [1.29, 1.82) is 0 Å². The molecule has 5 heteroatoms. The molecule has 0 aromatic carbocycles. The van der Waals surface area contributed by atoms with Gasteiger partial charge in [0.25, 0.3) is 0 Å². The molecule has 0 rings (SSSR count). The van der Waals surface area contributed by atoms with Gasteiger partial charge in [0.2, 0.25) is 0 Å². The molecule has 2 nitrogen and oxygen atoms in total. The molecule has 0 unspecified atom stereocenters. The zero-order chi connectivity index (χ0) is 34.1. The lowest BCUT2D eigenvalue weighted by molar-refractivity contribution is -0.103. The summed E-state index contributed by atoms with van der Waals surface area (Å²) in [5, 5.41) is 8.68. The molecule has 0 aliphatic carbocycles. The lowest BCUT2D eigenvalue weighted by Crippen LogP contribution is -2.43. The lowest BCUT2D eigenvalue weighted by atomic mass is 10.5. The first-order valence-electron chi connectivity index (χ1n) is 16.4. The number of aliphatic hydroxyl groups is 1. The average molecular weight is 695 g/mol. The monoisotopic (exact) mass is 695 g/mol. The Morgan fingerprint density at radius 3 is 0.891 bits per heavy atom. The van der Waals surface area contributed by atoms with Gasteiger partial charge < -0.3 is 5.11 Å². The smallest absolute Gasteiger partial charge is 0.192 e. The summed E-state index contributed by atoms with van der Waals surface area (Å²) in [6.07, 6.45) is 9.94. The lowest BCUT2D eigenvalue weighted by Gasteiger charge is -2.37. The van der Waals surface area contributed by atoms with Crippen LogP contribution in [0.1, 0.15) is 154 Å². The van der Waals surface area contributed by atoms with Gasteiger partial charge in [-0.1, -0.05) is 166 Å². The van der Waals surface area contributed by atoms with Crippen molar-refractivity contribution in [2.45, 2.75) is 204 Å². The Morgan fingerprint density at radius 1 is 0.500 bits per heavy atom. The van der Waals surface area contributed by atoms with Gasteiger partial charge in [-0.05, 0) is 61.9 Å². The Balaban J connectivity index is -0.0000000959. The van der Waals surface area contributed by atoms with Crippen LogP contribution in [0.25, 0.3) is 0 Å². The minimum Gasteiger partial charge on any atom is -0.392 e. The third-order valence-electron chi connectivity index (χ3n) is 9.79. The molecule has 0 saturated carbocycles. The molecule has 0 aliphatic heterocycles. The van der Waals surface area contributed by atoms with Crippen LogP contribution in [0.3, 0.4) is 0 Å². The van der Waals surface area contributed by atoms with Gasteiger partial charge in [0.05, 0.1) is 6.61 Å². The van der Waals surface area contributed by atoms with Crippen molar-refractivity contribution in [2.75, 3.05) is 6.61 Å². The fraction of sp³-hybridized carbons (Fsp3) is 0.780. The molecule has 0 radical (unpaired) electrons. The number of carbonyl (C=O) groups is 1. The predicted molar refractivity (Wildman–Crippen MR) is 227 cm³/mol. The van der Waals surface area contributed by atoms with Gasteiger partial charge in [0.1, 0.15) is 24.2 Å². The van der Waals surface area contributed by atoms with Gasteiger partial charge >= 0.3 is 0 Å². The van der Waals surface area contributed by atoms with Gasteiger partial charge in [-0.3, -0.25) is 4.79 Å². The van der Waals surface area contributed by atoms with E-state index in [-0.39, 0.29) is 36.3 Å². The predicted octanol–water partition coefficient (Wildman–Crippen LogP) is 13.5. The zero-order valence-corrected chi connectivity index (χ0v) is 34.1. The number of terminal acetylenes is 1. The number of allylic oxidation sites excluding steroid dienone is 1. The van der Waals surface area contributed by atoms with Crippen LogP contribution in [0.15, 0.2) is 12.2 Å². The van der Waals surface area contributed by atoms with E-state index >= 15 is 0 Å². The normalized spacial score (nSPS) is 11.3. The molecule has 0 bridgehead atoms. The quantitative estimate of drug-likeness (QED) is 0.140. The van der Waals surface area contributed by atoms with Crippen LogP contribution in [0.2, 0.25) is 49.9 Å². The van der Waals surface area contributed by atoms with Gasteiger partial charge in [0, 0.05) is 0 Å². The fourth-order valence-corrected chi connectivity index (χ4v) is 23.2. The highest BCUT2D eigenvalue weighted by Gasteiger charge is 2.43. The van der Waals surface area contributed by atoms with Gasteiger partial charge in [-0.25, -0.2) is 0 Å². The van der Waals surface area contributed by atoms with Crippen molar-refractivity contribution in [1.82, 2.24) is 0 Å². The van der Waals surface area contributed by atoms with Crippen LogP contribution in [0.5, 0.6) is 0 Å². The molecule has 0 saturated heterocycles. The van der Waals surface area contributed by atoms with E-state index in [0.29, 0.717) is 49.9 Å². The molecule has 0 aromatic heterocycles. The Kier molecular flexibility index (Phi) is 37.5. The third kappa shape index (κ3) is 16.2. The van der Waals surface area contributed by atoms with E-state index in [1.54, 1.807) is 12.2 Å². The van der Waals surface area contributed by atoms with E-state index in [4.69, 9.17) is 11.5 Å².